The summed E-state index contributed by atoms with van der Waals surface area (Å²) in [4.78, 5) is 0. The average Bonchev–Trinajstić information content (AvgIpc) is 2.68. The van der Waals surface area contributed by atoms with E-state index >= 15 is 0 Å². The van der Waals surface area contributed by atoms with Gasteiger partial charge in [0.25, 0.3) is 0 Å². The number of rotatable bonds is 7. The van der Waals surface area contributed by atoms with Crippen LogP contribution in [0.15, 0.2) is 48.5 Å². The molecule has 0 bridgehead atoms. The van der Waals surface area contributed by atoms with Crippen molar-refractivity contribution < 1.29 is 9.47 Å². The SMILES string of the molecule is CCCCC1COC(c2ccc(-c3ccc(CCC)cc3)cc2)OC1. The molecule has 2 heteroatoms. The molecule has 0 atom stereocenters. The molecule has 2 aromatic carbocycles. The molecule has 2 aromatic rings. The standard InChI is InChI=1S/C23H30O2/c1-3-5-7-19-16-24-23(25-17-19)22-14-12-21(13-15-22)20-10-8-18(6-4-2)9-11-20/h8-15,19,23H,3-7,16-17H2,1-2H3. The number of unbranched alkanes of at least 4 members (excludes halogenated alkanes) is 1. The zero-order valence-corrected chi connectivity index (χ0v) is 15.5. The highest BCUT2D eigenvalue weighted by molar-refractivity contribution is 5.64. The highest BCUT2D eigenvalue weighted by Gasteiger charge is 2.23. The van der Waals surface area contributed by atoms with Gasteiger partial charge in [0.15, 0.2) is 6.29 Å². The van der Waals surface area contributed by atoms with Crippen molar-refractivity contribution in [2.75, 3.05) is 13.2 Å². The quantitative estimate of drug-likeness (QED) is 0.602. The predicted octanol–water partition coefficient (Wildman–Crippen LogP) is 6.16. The van der Waals surface area contributed by atoms with Crippen molar-refractivity contribution >= 4 is 0 Å². The van der Waals surface area contributed by atoms with Gasteiger partial charge in [0.05, 0.1) is 13.2 Å². The van der Waals surface area contributed by atoms with E-state index in [0.717, 1.165) is 25.2 Å². The van der Waals surface area contributed by atoms with E-state index in [2.05, 4.69) is 62.4 Å². The molecule has 0 aliphatic carbocycles. The van der Waals surface area contributed by atoms with Crippen molar-refractivity contribution in [3.8, 4) is 11.1 Å². The monoisotopic (exact) mass is 338 g/mol. The lowest BCUT2D eigenvalue weighted by molar-refractivity contribution is -0.206. The van der Waals surface area contributed by atoms with Crippen LogP contribution in [0.2, 0.25) is 0 Å². The van der Waals surface area contributed by atoms with E-state index in [9.17, 15) is 0 Å². The summed E-state index contributed by atoms with van der Waals surface area (Å²) in [5, 5.41) is 0. The second-order valence-electron chi connectivity index (χ2n) is 7.08. The Labute approximate surface area is 152 Å². The second kappa shape index (κ2) is 9.17. The summed E-state index contributed by atoms with van der Waals surface area (Å²) in [5.74, 6) is 0.553. The van der Waals surface area contributed by atoms with Crippen LogP contribution < -0.4 is 0 Å². The van der Waals surface area contributed by atoms with Gasteiger partial charge in [0.2, 0.25) is 0 Å². The van der Waals surface area contributed by atoms with Crippen molar-refractivity contribution in [2.45, 2.75) is 52.2 Å². The van der Waals surface area contributed by atoms with Gasteiger partial charge in [-0.2, -0.15) is 0 Å². The third-order valence-electron chi connectivity index (χ3n) is 4.94. The Morgan fingerprint density at radius 2 is 1.40 bits per heavy atom. The zero-order chi connectivity index (χ0) is 17.5. The lowest BCUT2D eigenvalue weighted by atomic mass is 10.0. The number of aryl methyl sites for hydroxylation is 1. The highest BCUT2D eigenvalue weighted by Crippen LogP contribution is 2.29. The molecule has 0 amide bonds. The van der Waals surface area contributed by atoms with Crippen LogP contribution >= 0.6 is 0 Å². The molecule has 0 spiro atoms. The molecule has 0 radical (unpaired) electrons. The molecule has 0 aromatic heterocycles. The van der Waals surface area contributed by atoms with Crippen molar-refractivity contribution in [3.63, 3.8) is 0 Å². The first-order chi connectivity index (χ1) is 12.3. The molecule has 134 valence electrons. The maximum absolute atomic E-state index is 5.94. The lowest BCUT2D eigenvalue weighted by Crippen LogP contribution is -2.27. The zero-order valence-electron chi connectivity index (χ0n) is 15.5. The molecule has 1 aliphatic rings. The van der Waals surface area contributed by atoms with Crippen LogP contribution in [0, 0.1) is 5.92 Å². The van der Waals surface area contributed by atoms with Crippen LogP contribution in [0.3, 0.4) is 0 Å². The molecule has 25 heavy (non-hydrogen) atoms. The van der Waals surface area contributed by atoms with Crippen LogP contribution in [0.25, 0.3) is 11.1 Å². The van der Waals surface area contributed by atoms with Crippen LogP contribution in [-0.2, 0) is 15.9 Å². The van der Waals surface area contributed by atoms with Gasteiger partial charge in [-0.25, -0.2) is 0 Å². The fraction of sp³-hybridized carbons (Fsp3) is 0.478. The number of benzene rings is 2. The maximum atomic E-state index is 5.94. The topological polar surface area (TPSA) is 18.5 Å². The van der Waals surface area contributed by atoms with Gasteiger partial charge in [-0.15, -0.1) is 0 Å². The minimum atomic E-state index is -0.209. The summed E-state index contributed by atoms with van der Waals surface area (Å²) in [6.07, 6.45) is 5.83. The summed E-state index contributed by atoms with van der Waals surface area (Å²) in [6, 6.07) is 17.5. The molecule has 2 nitrogen and oxygen atoms in total. The van der Waals surface area contributed by atoms with Gasteiger partial charge < -0.3 is 9.47 Å². The third kappa shape index (κ3) is 4.93. The van der Waals surface area contributed by atoms with Crippen molar-refractivity contribution in [3.05, 3.63) is 59.7 Å². The normalized spacial score (nSPS) is 20.6. The summed E-state index contributed by atoms with van der Waals surface area (Å²) in [5.41, 5.74) is 5.02. The number of ether oxygens (including phenoxy) is 2. The highest BCUT2D eigenvalue weighted by atomic mass is 16.7. The summed E-state index contributed by atoms with van der Waals surface area (Å²) in [7, 11) is 0. The van der Waals surface area contributed by atoms with E-state index in [-0.39, 0.29) is 6.29 Å². The first kappa shape index (κ1) is 18.2. The average molecular weight is 338 g/mol. The Hall–Kier alpha value is -1.64. The Bertz CT molecular complexity index is 622. The number of hydrogen-bond acceptors (Lipinski definition) is 2. The van der Waals surface area contributed by atoms with E-state index < -0.39 is 0 Å². The van der Waals surface area contributed by atoms with Crippen molar-refractivity contribution in [1.82, 2.24) is 0 Å². The molecule has 0 N–H and O–H groups in total. The van der Waals surface area contributed by atoms with E-state index in [0.29, 0.717) is 5.92 Å². The molecular formula is C23H30O2. The van der Waals surface area contributed by atoms with E-state index in [1.165, 1.54) is 42.4 Å². The molecule has 0 saturated carbocycles. The fourth-order valence-electron chi connectivity index (χ4n) is 3.38. The Morgan fingerprint density at radius 1 is 0.800 bits per heavy atom. The van der Waals surface area contributed by atoms with Crippen molar-refractivity contribution in [2.24, 2.45) is 5.92 Å². The summed E-state index contributed by atoms with van der Waals surface area (Å²) < 4.78 is 11.9. The molecule has 3 rings (SSSR count). The van der Waals surface area contributed by atoms with Crippen LogP contribution in [0.1, 0.15) is 56.9 Å². The van der Waals surface area contributed by atoms with Crippen molar-refractivity contribution in [1.29, 1.82) is 0 Å². The van der Waals surface area contributed by atoms with Gasteiger partial charge in [0.1, 0.15) is 0 Å². The molecule has 1 heterocycles. The molecule has 1 fully saturated rings. The van der Waals surface area contributed by atoms with Crippen LogP contribution in [0.4, 0.5) is 0 Å². The van der Waals surface area contributed by atoms with E-state index in [4.69, 9.17) is 9.47 Å². The molecule has 0 unspecified atom stereocenters. The van der Waals surface area contributed by atoms with Gasteiger partial charge in [-0.3, -0.25) is 0 Å². The largest absolute Gasteiger partial charge is 0.348 e. The summed E-state index contributed by atoms with van der Waals surface area (Å²) in [6.45, 7) is 6.07. The third-order valence-corrected chi connectivity index (χ3v) is 4.94. The first-order valence-corrected chi connectivity index (χ1v) is 9.72. The fourth-order valence-corrected chi connectivity index (χ4v) is 3.38. The van der Waals surface area contributed by atoms with Gasteiger partial charge in [-0.05, 0) is 29.5 Å². The second-order valence-corrected chi connectivity index (χ2v) is 7.08. The van der Waals surface area contributed by atoms with Gasteiger partial charge in [0, 0.05) is 11.5 Å². The first-order valence-electron chi connectivity index (χ1n) is 9.72. The molecular weight excluding hydrogens is 308 g/mol. The molecule has 1 saturated heterocycles. The minimum Gasteiger partial charge on any atom is -0.348 e. The smallest absolute Gasteiger partial charge is 0.183 e. The van der Waals surface area contributed by atoms with Gasteiger partial charge >= 0.3 is 0 Å². The lowest BCUT2D eigenvalue weighted by Gasteiger charge is -2.29. The van der Waals surface area contributed by atoms with Crippen LogP contribution in [-0.4, -0.2) is 13.2 Å². The maximum Gasteiger partial charge on any atom is 0.183 e. The van der Waals surface area contributed by atoms with E-state index in [1.54, 1.807) is 0 Å². The Balaban J connectivity index is 1.59. The molecule has 1 aliphatic heterocycles. The predicted molar refractivity (Wildman–Crippen MR) is 104 cm³/mol. The number of hydrogen-bond donors (Lipinski definition) is 0. The van der Waals surface area contributed by atoms with Crippen LogP contribution in [0.5, 0.6) is 0 Å². The van der Waals surface area contributed by atoms with E-state index in [1.807, 2.05) is 0 Å². The van der Waals surface area contributed by atoms with Gasteiger partial charge in [-0.1, -0.05) is 81.6 Å². The Morgan fingerprint density at radius 3 is 1.96 bits per heavy atom. The summed E-state index contributed by atoms with van der Waals surface area (Å²) >= 11 is 0. The minimum absolute atomic E-state index is 0.209. The Kier molecular flexibility index (Phi) is 6.66.